The zero-order valence-corrected chi connectivity index (χ0v) is 10.2. The molecule has 0 amide bonds. The van der Waals surface area contributed by atoms with Gasteiger partial charge in [-0.25, -0.2) is 0 Å². The number of methoxy groups -OCH3 is 1. The highest BCUT2D eigenvalue weighted by molar-refractivity contribution is 5.62. The van der Waals surface area contributed by atoms with Crippen molar-refractivity contribution in [1.29, 1.82) is 0 Å². The standard InChI is InChI=1S/C13H15N3O2/c1-17-11-7-3-2-5-9(11)12-15-16-13(18-12)10-6-4-8-14-10/h2-3,5,7,10,14H,4,6,8H2,1H3. The zero-order chi connectivity index (χ0) is 12.4. The minimum absolute atomic E-state index is 0.195. The van der Waals surface area contributed by atoms with Crippen molar-refractivity contribution < 1.29 is 9.15 Å². The van der Waals surface area contributed by atoms with E-state index in [0.29, 0.717) is 11.8 Å². The number of hydrogen-bond acceptors (Lipinski definition) is 5. The highest BCUT2D eigenvalue weighted by atomic mass is 16.5. The van der Waals surface area contributed by atoms with E-state index in [1.807, 2.05) is 24.3 Å². The van der Waals surface area contributed by atoms with Gasteiger partial charge in [-0.15, -0.1) is 10.2 Å². The van der Waals surface area contributed by atoms with E-state index in [4.69, 9.17) is 9.15 Å². The van der Waals surface area contributed by atoms with Crippen molar-refractivity contribution in [2.45, 2.75) is 18.9 Å². The van der Waals surface area contributed by atoms with Crippen molar-refractivity contribution in [3.8, 4) is 17.2 Å². The summed E-state index contributed by atoms with van der Waals surface area (Å²) in [4.78, 5) is 0. The van der Waals surface area contributed by atoms with Crippen molar-refractivity contribution in [3.63, 3.8) is 0 Å². The van der Waals surface area contributed by atoms with E-state index in [1.165, 1.54) is 0 Å². The van der Waals surface area contributed by atoms with Gasteiger partial charge in [0.05, 0.1) is 18.7 Å². The molecule has 0 aliphatic carbocycles. The Morgan fingerprint density at radius 1 is 1.33 bits per heavy atom. The summed E-state index contributed by atoms with van der Waals surface area (Å²) < 4.78 is 11.0. The smallest absolute Gasteiger partial charge is 0.251 e. The molecule has 0 saturated carbocycles. The quantitative estimate of drug-likeness (QED) is 0.898. The summed E-state index contributed by atoms with van der Waals surface area (Å²) in [6, 6.07) is 7.83. The first kappa shape index (κ1) is 11.2. The van der Waals surface area contributed by atoms with Gasteiger partial charge in [-0.2, -0.15) is 0 Å². The Hall–Kier alpha value is -1.88. The van der Waals surface area contributed by atoms with Gasteiger partial charge in [0.15, 0.2) is 0 Å². The third kappa shape index (κ3) is 1.97. The first-order valence-corrected chi connectivity index (χ1v) is 6.08. The molecule has 0 bridgehead atoms. The van der Waals surface area contributed by atoms with Crippen LogP contribution in [0.3, 0.4) is 0 Å². The summed E-state index contributed by atoms with van der Waals surface area (Å²) in [6.07, 6.45) is 2.20. The number of nitrogens with zero attached hydrogens (tertiary/aromatic N) is 2. The van der Waals surface area contributed by atoms with Gasteiger partial charge >= 0.3 is 0 Å². The topological polar surface area (TPSA) is 60.2 Å². The van der Waals surface area contributed by atoms with Gasteiger partial charge < -0.3 is 14.5 Å². The molecule has 1 saturated heterocycles. The Bertz CT molecular complexity index is 533. The fourth-order valence-electron chi connectivity index (χ4n) is 2.20. The van der Waals surface area contributed by atoms with E-state index in [1.54, 1.807) is 7.11 Å². The van der Waals surface area contributed by atoms with E-state index in [2.05, 4.69) is 15.5 Å². The minimum atomic E-state index is 0.195. The van der Waals surface area contributed by atoms with E-state index >= 15 is 0 Å². The number of ether oxygens (including phenoxy) is 1. The number of aromatic nitrogens is 2. The molecule has 0 spiro atoms. The molecule has 3 rings (SSSR count). The van der Waals surface area contributed by atoms with Gasteiger partial charge in [0, 0.05) is 0 Å². The molecule has 1 aromatic carbocycles. The first-order valence-electron chi connectivity index (χ1n) is 6.08. The highest BCUT2D eigenvalue weighted by Crippen LogP contribution is 2.30. The molecular formula is C13H15N3O2. The zero-order valence-electron chi connectivity index (χ0n) is 10.2. The molecule has 18 heavy (non-hydrogen) atoms. The second kappa shape index (κ2) is 4.78. The predicted octanol–water partition coefficient (Wildman–Crippen LogP) is 2.17. The summed E-state index contributed by atoms with van der Waals surface area (Å²) in [5.41, 5.74) is 0.830. The number of hydrogen-bond donors (Lipinski definition) is 1. The molecule has 5 heteroatoms. The van der Waals surface area contributed by atoms with Gasteiger partial charge in [0.1, 0.15) is 5.75 Å². The Morgan fingerprint density at radius 2 is 2.22 bits per heavy atom. The Balaban J connectivity index is 1.92. The van der Waals surface area contributed by atoms with Crippen LogP contribution < -0.4 is 10.1 Å². The second-order valence-corrected chi connectivity index (χ2v) is 4.29. The Morgan fingerprint density at radius 3 is 3.00 bits per heavy atom. The van der Waals surface area contributed by atoms with Crippen LogP contribution in [0.4, 0.5) is 0 Å². The number of rotatable bonds is 3. The summed E-state index contributed by atoms with van der Waals surface area (Å²) >= 11 is 0. The molecule has 1 atom stereocenters. The average Bonchev–Trinajstić information content (AvgIpc) is 3.09. The van der Waals surface area contributed by atoms with Crippen molar-refractivity contribution in [2.75, 3.05) is 13.7 Å². The molecule has 1 aliphatic heterocycles. The molecule has 2 aromatic rings. The molecule has 94 valence electrons. The summed E-state index contributed by atoms with van der Waals surface area (Å²) in [5, 5.41) is 11.6. The molecule has 2 heterocycles. The molecule has 5 nitrogen and oxygen atoms in total. The van der Waals surface area contributed by atoms with Gasteiger partial charge in [-0.05, 0) is 31.5 Å². The fraction of sp³-hybridized carbons (Fsp3) is 0.385. The lowest BCUT2D eigenvalue weighted by atomic mass is 10.2. The summed E-state index contributed by atoms with van der Waals surface area (Å²) in [6.45, 7) is 1.01. The molecule has 0 radical (unpaired) electrons. The van der Waals surface area contributed by atoms with Gasteiger partial charge in [-0.1, -0.05) is 12.1 Å². The number of para-hydroxylation sites is 1. The molecule has 1 aliphatic rings. The molecule has 1 unspecified atom stereocenters. The van der Waals surface area contributed by atoms with Crippen molar-refractivity contribution in [2.24, 2.45) is 0 Å². The monoisotopic (exact) mass is 245 g/mol. The third-order valence-electron chi connectivity index (χ3n) is 3.14. The lowest BCUT2D eigenvalue weighted by Crippen LogP contribution is -2.12. The van der Waals surface area contributed by atoms with Crippen molar-refractivity contribution >= 4 is 0 Å². The summed E-state index contributed by atoms with van der Waals surface area (Å²) in [7, 11) is 1.63. The average molecular weight is 245 g/mol. The van der Waals surface area contributed by atoms with E-state index in [-0.39, 0.29) is 6.04 Å². The van der Waals surface area contributed by atoms with Gasteiger partial charge in [-0.3, -0.25) is 0 Å². The lowest BCUT2D eigenvalue weighted by Gasteiger charge is -2.04. The van der Waals surface area contributed by atoms with E-state index < -0.39 is 0 Å². The lowest BCUT2D eigenvalue weighted by molar-refractivity contribution is 0.410. The van der Waals surface area contributed by atoms with Crippen LogP contribution >= 0.6 is 0 Å². The van der Waals surface area contributed by atoms with Crippen LogP contribution in [-0.4, -0.2) is 23.9 Å². The van der Waals surface area contributed by atoms with Crippen molar-refractivity contribution in [1.82, 2.24) is 15.5 Å². The SMILES string of the molecule is COc1ccccc1-c1nnc(C2CCCN2)o1. The predicted molar refractivity (Wildman–Crippen MR) is 66.3 cm³/mol. The molecule has 1 aromatic heterocycles. The maximum atomic E-state index is 5.73. The Kier molecular flexibility index (Phi) is 2.98. The summed E-state index contributed by atoms with van der Waals surface area (Å²) in [5.74, 6) is 1.91. The normalized spacial score (nSPS) is 19.1. The third-order valence-corrected chi connectivity index (χ3v) is 3.14. The largest absolute Gasteiger partial charge is 0.496 e. The first-order chi connectivity index (χ1) is 8.88. The van der Waals surface area contributed by atoms with Crippen LogP contribution in [0.5, 0.6) is 5.75 Å². The van der Waals surface area contributed by atoms with Crippen LogP contribution in [0.1, 0.15) is 24.8 Å². The van der Waals surface area contributed by atoms with Crippen LogP contribution in [0.25, 0.3) is 11.5 Å². The maximum Gasteiger partial charge on any atom is 0.251 e. The fourth-order valence-corrected chi connectivity index (χ4v) is 2.20. The second-order valence-electron chi connectivity index (χ2n) is 4.29. The van der Waals surface area contributed by atoms with Crippen LogP contribution in [0, 0.1) is 0 Å². The van der Waals surface area contributed by atoms with Crippen molar-refractivity contribution in [3.05, 3.63) is 30.2 Å². The van der Waals surface area contributed by atoms with Gasteiger partial charge in [0.2, 0.25) is 5.89 Å². The van der Waals surface area contributed by atoms with Crippen LogP contribution in [-0.2, 0) is 0 Å². The molecular weight excluding hydrogens is 230 g/mol. The molecule has 1 fully saturated rings. The number of nitrogens with one attached hydrogen (secondary N) is 1. The van der Waals surface area contributed by atoms with Crippen LogP contribution in [0.2, 0.25) is 0 Å². The maximum absolute atomic E-state index is 5.73. The Labute approximate surface area is 105 Å². The van der Waals surface area contributed by atoms with Crippen LogP contribution in [0.15, 0.2) is 28.7 Å². The number of benzene rings is 1. The van der Waals surface area contributed by atoms with E-state index in [9.17, 15) is 0 Å². The molecule has 1 N–H and O–H groups in total. The van der Waals surface area contributed by atoms with E-state index in [0.717, 1.165) is 30.7 Å². The highest BCUT2D eigenvalue weighted by Gasteiger charge is 2.23. The van der Waals surface area contributed by atoms with Gasteiger partial charge in [0.25, 0.3) is 5.89 Å². The minimum Gasteiger partial charge on any atom is -0.496 e.